The number of amides is 4. The molecule has 0 atom stereocenters. The zero-order chi connectivity index (χ0) is 17.8. The summed E-state index contributed by atoms with van der Waals surface area (Å²) in [6.45, 7) is 2.34. The molecule has 1 aliphatic carbocycles. The lowest BCUT2D eigenvalue weighted by Crippen LogP contribution is -2.51. The minimum Gasteiger partial charge on any atom is -0.490 e. The van der Waals surface area contributed by atoms with Crippen molar-refractivity contribution in [1.82, 2.24) is 10.6 Å². The highest BCUT2D eigenvalue weighted by molar-refractivity contribution is 6.31. The maximum Gasteiger partial charge on any atom is 0.328 e. The van der Waals surface area contributed by atoms with E-state index in [1.165, 1.54) is 18.9 Å². The predicted molar refractivity (Wildman–Crippen MR) is 90.2 cm³/mol. The van der Waals surface area contributed by atoms with Gasteiger partial charge in [0.1, 0.15) is 5.57 Å². The van der Waals surface area contributed by atoms with Crippen molar-refractivity contribution in [3.8, 4) is 11.5 Å². The molecule has 0 bridgehead atoms. The zero-order valence-corrected chi connectivity index (χ0v) is 14.0. The molecule has 0 spiro atoms. The summed E-state index contributed by atoms with van der Waals surface area (Å²) in [4.78, 5) is 34.7. The SMILES string of the molecule is CCOc1cc(C=C2C(=O)NC(=O)NC2=O)ccc1OC1CCCC1. The summed E-state index contributed by atoms with van der Waals surface area (Å²) in [6.07, 6.45) is 6.02. The van der Waals surface area contributed by atoms with Crippen molar-refractivity contribution in [1.29, 1.82) is 0 Å². The Labute approximate surface area is 145 Å². The number of hydrogen-bond acceptors (Lipinski definition) is 5. The molecule has 1 saturated carbocycles. The van der Waals surface area contributed by atoms with Gasteiger partial charge in [0.15, 0.2) is 11.5 Å². The lowest BCUT2D eigenvalue weighted by molar-refractivity contribution is -0.123. The summed E-state index contributed by atoms with van der Waals surface area (Å²) in [5, 5.41) is 4.09. The van der Waals surface area contributed by atoms with E-state index in [4.69, 9.17) is 9.47 Å². The zero-order valence-electron chi connectivity index (χ0n) is 14.0. The van der Waals surface area contributed by atoms with Crippen LogP contribution < -0.4 is 20.1 Å². The Morgan fingerprint density at radius 1 is 1.08 bits per heavy atom. The van der Waals surface area contributed by atoms with Crippen LogP contribution in [0.4, 0.5) is 4.79 Å². The molecule has 132 valence electrons. The van der Waals surface area contributed by atoms with Gasteiger partial charge in [0, 0.05) is 0 Å². The molecule has 2 fully saturated rings. The molecule has 1 heterocycles. The molecule has 2 aliphatic rings. The van der Waals surface area contributed by atoms with E-state index in [0.717, 1.165) is 12.8 Å². The van der Waals surface area contributed by atoms with Crippen molar-refractivity contribution in [2.45, 2.75) is 38.7 Å². The van der Waals surface area contributed by atoms with E-state index in [0.29, 0.717) is 23.7 Å². The maximum absolute atomic E-state index is 11.8. The molecule has 25 heavy (non-hydrogen) atoms. The lowest BCUT2D eigenvalue weighted by atomic mass is 10.1. The fourth-order valence-electron chi connectivity index (χ4n) is 2.94. The molecular formula is C18H20N2O5. The minimum absolute atomic E-state index is 0.133. The summed E-state index contributed by atoms with van der Waals surface area (Å²) in [5.41, 5.74) is 0.475. The van der Waals surface area contributed by atoms with Crippen molar-refractivity contribution in [2.75, 3.05) is 6.61 Å². The summed E-state index contributed by atoms with van der Waals surface area (Å²) >= 11 is 0. The van der Waals surface area contributed by atoms with Crippen LogP contribution in [0.3, 0.4) is 0 Å². The molecule has 7 heteroatoms. The Balaban J connectivity index is 1.85. The molecule has 7 nitrogen and oxygen atoms in total. The Morgan fingerprint density at radius 2 is 1.76 bits per heavy atom. The molecular weight excluding hydrogens is 324 g/mol. The third kappa shape index (κ3) is 3.99. The number of carbonyl (C=O) groups is 3. The smallest absolute Gasteiger partial charge is 0.328 e. The van der Waals surface area contributed by atoms with Gasteiger partial charge in [0.05, 0.1) is 12.7 Å². The number of benzene rings is 1. The largest absolute Gasteiger partial charge is 0.490 e. The monoisotopic (exact) mass is 344 g/mol. The Bertz CT molecular complexity index is 713. The van der Waals surface area contributed by atoms with Gasteiger partial charge in [0.2, 0.25) is 0 Å². The fourth-order valence-corrected chi connectivity index (χ4v) is 2.94. The quantitative estimate of drug-likeness (QED) is 0.631. The average Bonchev–Trinajstić information content (AvgIpc) is 3.06. The lowest BCUT2D eigenvalue weighted by Gasteiger charge is -2.17. The van der Waals surface area contributed by atoms with Crippen LogP contribution in [0.1, 0.15) is 38.2 Å². The number of urea groups is 1. The predicted octanol–water partition coefficient (Wildman–Crippen LogP) is 2.16. The van der Waals surface area contributed by atoms with Crippen molar-refractivity contribution >= 4 is 23.9 Å². The van der Waals surface area contributed by atoms with E-state index < -0.39 is 17.8 Å². The second-order valence-corrected chi connectivity index (χ2v) is 5.96. The van der Waals surface area contributed by atoms with Gasteiger partial charge in [-0.1, -0.05) is 6.07 Å². The third-order valence-corrected chi connectivity index (χ3v) is 4.12. The van der Waals surface area contributed by atoms with Gasteiger partial charge in [-0.25, -0.2) is 4.79 Å². The van der Waals surface area contributed by atoms with Crippen molar-refractivity contribution in [2.24, 2.45) is 0 Å². The van der Waals surface area contributed by atoms with Crippen LogP contribution in [0.2, 0.25) is 0 Å². The summed E-state index contributed by atoms with van der Waals surface area (Å²) in [5.74, 6) is -0.226. The number of nitrogens with one attached hydrogen (secondary N) is 2. The molecule has 0 aromatic heterocycles. The van der Waals surface area contributed by atoms with Crippen LogP contribution in [0.25, 0.3) is 6.08 Å². The molecule has 3 rings (SSSR count). The maximum atomic E-state index is 11.8. The first-order valence-electron chi connectivity index (χ1n) is 8.38. The number of hydrogen-bond donors (Lipinski definition) is 2. The van der Waals surface area contributed by atoms with Crippen molar-refractivity contribution < 1.29 is 23.9 Å². The normalized spacial score (nSPS) is 18.0. The highest BCUT2D eigenvalue weighted by atomic mass is 16.5. The van der Waals surface area contributed by atoms with Gasteiger partial charge < -0.3 is 9.47 Å². The van der Waals surface area contributed by atoms with Crippen LogP contribution in [-0.2, 0) is 9.59 Å². The van der Waals surface area contributed by atoms with Gasteiger partial charge >= 0.3 is 6.03 Å². The van der Waals surface area contributed by atoms with Gasteiger partial charge in [-0.2, -0.15) is 0 Å². The summed E-state index contributed by atoms with van der Waals surface area (Å²) in [7, 11) is 0. The second kappa shape index (κ2) is 7.38. The van der Waals surface area contributed by atoms with E-state index in [9.17, 15) is 14.4 Å². The molecule has 1 aliphatic heterocycles. The van der Waals surface area contributed by atoms with E-state index in [1.54, 1.807) is 18.2 Å². The topological polar surface area (TPSA) is 93.7 Å². The summed E-state index contributed by atoms with van der Waals surface area (Å²) < 4.78 is 11.6. The van der Waals surface area contributed by atoms with Crippen LogP contribution in [-0.4, -0.2) is 30.6 Å². The van der Waals surface area contributed by atoms with Gasteiger partial charge in [0.25, 0.3) is 11.8 Å². The average molecular weight is 344 g/mol. The van der Waals surface area contributed by atoms with Crippen LogP contribution >= 0.6 is 0 Å². The first-order valence-corrected chi connectivity index (χ1v) is 8.38. The number of ether oxygens (including phenoxy) is 2. The fraction of sp³-hybridized carbons (Fsp3) is 0.389. The second-order valence-electron chi connectivity index (χ2n) is 5.96. The van der Waals surface area contributed by atoms with Crippen molar-refractivity contribution in [3.05, 3.63) is 29.3 Å². The molecule has 4 amide bonds. The molecule has 0 unspecified atom stereocenters. The molecule has 1 saturated heterocycles. The van der Waals surface area contributed by atoms with Crippen molar-refractivity contribution in [3.63, 3.8) is 0 Å². The Hall–Kier alpha value is -2.83. The minimum atomic E-state index is -0.817. The van der Waals surface area contributed by atoms with Gasteiger partial charge in [-0.3, -0.25) is 20.2 Å². The van der Waals surface area contributed by atoms with Crippen LogP contribution in [0.15, 0.2) is 23.8 Å². The molecule has 0 radical (unpaired) electrons. The van der Waals surface area contributed by atoms with E-state index >= 15 is 0 Å². The van der Waals surface area contributed by atoms with Gasteiger partial charge in [-0.15, -0.1) is 0 Å². The number of rotatable bonds is 5. The number of carbonyl (C=O) groups excluding carboxylic acids is 3. The highest BCUT2D eigenvalue weighted by Gasteiger charge is 2.27. The van der Waals surface area contributed by atoms with Crippen LogP contribution in [0.5, 0.6) is 11.5 Å². The highest BCUT2D eigenvalue weighted by Crippen LogP contribution is 2.33. The molecule has 1 aromatic carbocycles. The standard InChI is InChI=1S/C18H20N2O5/c1-2-24-15-10-11(7-8-14(15)25-12-5-3-4-6-12)9-13-16(21)19-18(23)20-17(13)22/h7-10,12H,2-6H2,1H3,(H2,19,20,21,22,23). The van der Waals surface area contributed by atoms with Gasteiger partial charge in [-0.05, 0) is 56.4 Å². The third-order valence-electron chi connectivity index (χ3n) is 4.12. The van der Waals surface area contributed by atoms with E-state index in [2.05, 4.69) is 0 Å². The number of imide groups is 2. The van der Waals surface area contributed by atoms with E-state index in [-0.39, 0.29) is 11.7 Å². The summed E-state index contributed by atoms with van der Waals surface area (Å²) in [6, 6.07) is 4.43. The number of barbiturate groups is 1. The first kappa shape index (κ1) is 17.0. The molecule has 2 N–H and O–H groups in total. The van der Waals surface area contributed by atoms with Crippen LogP contribution in [0, 0.1) is 0 Å². The molecule has 1 aromatic rings. The first-order chi connectivity index (χ1) is 12.1. The van der Waals surface area contributed by atoms with E-state index in [1.807, 2.05) is 17.6 Å². The Kier molecular flexibility index (Phi) is 5.02. The Morgan fingerprint density at radius 3 is 2.40 bits per heavy atom.